The van der Waals surface area contributed by atoms with Crippen molar-refractivity contribution >= 4 is 34.9 Å². The van der Waals surface area contributed by atoms with Crippen molar-refractivity contribution in [3.8, 4) is 5.75 Å². The number of esters is 1. The minimum absolute atomic E-state index is 0.0168. The minimum atomic E-state index is -0.253. The van der Waals surface area contributed by atoms with E-state index in [1.54, 1.807) is 36.4 Å². The standard InChI is InChI=1S/C18H20N6O3/c19-10-9-16(25)21-15-8-7-13(17(20)22-15)24-23-12-3-1-2-4-14(12)27-18(26)11-5-6-11/h1-4,7-8,11H,5-6,9-10,19H2,(H3,20,21,22,25)/b24-23+. The van der Waals surface area contributed by atoms with E-state index in [0.717, 1.165) is 12.8 Å². The Labute approximate surface area is 155 Å². The van der Waals surface area contributed by atoms with Gasteiger partial charge in [0.05, 0.1) is 5.92 Å². The fourth-order valence-corrected chi connectivity index (χ4v) is 2.20. The maximum Gasteiger partial charge on any atom is 0.314 e. The number of nitrogens with one attached hydrogen (secondary N) is 1. The number of nitrogens with two attached hydrogens (primary N) is 2. The van der Waals surface area contributed by atoms with Gasteiger partial charge in [0.2, 0.25) is 5.91 Å². The molecule has 1 heterocycles. The van der Waals surface area contributed by atoms with Crippen LogP contribution in [0.2, 0.25) is 0 Å². The first-order valence-electron chi connectivity index (χ1n) is 8.55. The maximum atomic E-state index is 11.9. The zero-order chi connectivity index (χ0) is 19.2. The molecule has 0 radical (unpaired) electrons. The van der Waals surface area contributed by atoms with Gasteiger partial charge in [-0.15, -0.1) is 10.2 Å². The third kappa shape index (κ3) is 5.08. The molecule has 1 amide bonds. The number of azo groups is 1. The zero-order valence-corrected chi connectivity index (χ0v) is 14.6. The molecule has 0 atom stereocenters. The summed E-state index contributed by atoms with van der Waals surface area (Å²) in [6.45, 7) is 0.248. The Balaban J connectivity index is 1.72. The number of hydrogen-bond acceptors (Lipinski definition) is 8. The van der Waals surface area contributed by atoms with Crippen molar-refractivity contribution < 1.29 is 14.3 Å². The van der Waals surface area contributed by atoms with Crippen LogP contribution in [0.25, 0.3) is 0 Å². The predicted molar refractivity (Wildman–Crippen MR) is 99.9 cm³/mol. The Morgan fingerprint density at radius 2 is 1.89 bits per heavy atom. The van der Waals surface area contributed by atoms with Crippen LogP contribution in [0.4, 0.5) is 23.0 Å². The summed E-state index contributed by atoms with van der Waals surface area (Å²) in [7, 11) is 0. The minimum Gasteiger partial charge on any atom is -0.424 e. The third-order valence-electron chi connectivity index (χ3n) is 3.79. The van der Waals surface area contributed by atoms with Crippen LogP contribution in [0.5, 0.6) is 5.75 Å². The molecule has 140 valence electrons. The predicted octanol–water partition coefficient (Wildman–Crippen LogP) is 2.68. The second-order valence-corrected chi connectivity index (χ2v) is 6.05. The van der Waals surface area contributed by atoms with Crippen LogP contribution < -0.4 is 21.5 Å². The van der Waals surface area contributed by atoms with Gasteiger partial charge in [-0.3, -0.25) is 9.59 Å². The molecule has 1 fully saturated rings. The van der Waals surface area contributed by atoms with Gasteiger partial charge in [0.15, 0.2) is 11.6 Å². The van der Waals surface area contributed by atoms with Crippen LogP contribution >= 0.6 is 0 Å². The molecule has 0 bridgehead atoms. The van der Waals surface area contributed by atoms with E-state index in [9.17, 15) is 9.59 Å². The zero-order valence-electron chi connectivity index (χ0n) is 14.6. The first-order valence-corrected chi connectivity index (χ1v) is 8.55. The van der Waals surface area contributed by atoms with E-state index in [2.05, 4.69) is 20.5 Å². The highest BCUT2D eigenvalue weighted by Gasteiger charge is 2.32. The van der Waals surface area contributed by atoms with Crippen molar-refractivity contribution in [2.75, 3.05) is 17.6 Å². The number of benzene rings is 1. The highest BCUT2D eigenvalue weighted by Crippen LogP contribution is 2.34. The first-order chi connectivity index (χ1) is 13.1. The second-order valence-electron chi connectivity index (χ2n) is 6.05. The van der Waals surface area contributed by atoms with E-state index in [0.29, 0.717) is 22.9 Å². The molecular formula is C18H20N6O3. The lowest BCUT2D eigenvalue weighted by atomic mass is 10.3. The molecule has 0 aliphatic heterocycles. The van der Waals surface area contributed by atoms with Gasteiger partial charge in [-0.1, -0.05) is 12.1 Å². The number of rotatable bonds is 7. The van der Waals surface area contributed by atoms with Crippen LogP contribution in [-0.2, 0) is 9.59 Å². The van der Waals surface area contributed by atoms with Crippen LogP contribution in [-0.4, -0.2) is 23.4 Å². The molecule has 0 saturated heterocycles. The Morgan fingerprint density at radius 1 is 1.15 bits per heavy atom. The molecule has 1 aromatic carbocycles. The van der Waals surface area contributed by atoms with E-state index in [1.807, 2.05) is 0 Å². The average molecular weight is 368 g/mol. The van der Waals surface area contributed by atoms with Crippen molar-refractivity contribution in [1.82, 2.24) is 4.98 Å². The van der Waals surface area contributed by atoms with E-state index in [1.165, 1.54) is 0 Å². The summed E-state index contributed by atoms with van der Waals surface area (Å²) in [5, 5.41) is 10.8. The Hall–Kier alpha value is -3.33. The summed E-state index contributed by atoms with van der Waals surface area (Å²) in [6, 6.07) is 10.0. The van der Waals surface area contributed by atoms with Crippen LogP contribution in [0.3, 0.4) is 0 Å². The molecule has 5 N–H and O–H groups in total. The SMILES string of the molecule is NCCC(=O)Nc1ccc(/N=N/c2ccccc2OC(=O)C2CC2)c(N)n1. The first kappa shape index (κ1) is 18.5. The van der Waals surface area contributed by atoms with Gasteiger partial charge in [0.25, 0.3) is 0 Å². The Bertz CT molecular complexity index is 879. The van der Waals surface area contributed by atoms with E-state index in [-0.39, 0.29) is 36.6 Å². The van der Waals surface area contributed by atoms with Gasteiger partial charge < -0.3 is 21.5 Å². The van der Waals surface area contributed by atoms with Crippen LogP contribution in [0.1, 0.15) is 19.3 Å². The molecule has 9 heteroatoms. The van der Waals surface area contributed by atoms with Crippen LogP contribution in [0, 0.1) is 5.92 Å². The number of para-hydroxylation sites is 1. The number of anilines is 2. The highest BCUT2D eigenvalue weighted by atomic mass is 16.5. The van der Waals surface area contributed by atoms with Crippen molar-refractivity contribution in [3.63, 3.8) is 0 Å². The number of hydrogen-bond donors (Lipinski definition) is 3. The van der Waals surface area contributed by atoms with Gasteiger partial charge in [0, 0.05) is 13.0 Å². The molecule has 27 heavy (non-hydrogen) atoms. The molecule has 1 saturated carbocycles. The fraction of sp³-hybridized carbons (Fsp3) is 0.278. The summed E-state index contributed by atoms with van der Waals surface area (Å²) in [6.07, 6.45) is 1.91. The summed E-state index contributed by atoms with van der Waals surface area (Å²) in [5.41, 5.74) is 11.9. The highest BCUT2D eigenvalue weighted by molar-refractivity contribution is 5.90. The number of amides is 1. The number of aromatic nitrogens is 1. The molecule has 3 rings (SSSR count). The lowest BCUT2D eigenvalue weighted by Gasteiger charge is -2.06. The topological polar surface area (TPSA) is 145 Å². The van der Waals surface area contributed by atoms with E-state index >= 15 is 0 Å². The second kappa shape index (κ2) is 8.37. The molecule has 2 aromatic rings. The maximum absolute atomic E-state index is 11.9. The summed E-state index contributed by atoms with van der Waals surface area (Å²) < 4.78 is 5.38. The van der Waals surface area contributed by atoms with Gasteiger partial charge in [-0.05, 0) is 37.1 Å². The average Bonchev–Trinajstić information content (AvgIpc) is 3.47. The smallest absolute Gasteiger partial charge is 0.314 e. The Morgan fingerprint density at radius 3 is 2.59 bits per heavy atom. The number of ether oxygens (including phenoxy) is 1. The molecule has 9 nitrogen and oxygen atoms in total. The molecule has 1 aromatic heterocycles. The largest absolute Gasteiger partial charge is 0.424 e. The van der Waals surface area contributed by atoms with Crippen molar-refractivity contribution in [2.45, 2.75) is 19.3 Å². The summed E-state index contributed by atoms with van der Waals surface area (Å²) in [5.74, 6) is 0.245. The Kier molecular flexibility index (Phi) is 5.72. The molecule has 1 aliphatic rings. The fourth-order valence-electron chi connectivity index (χ4n) is 2.20. The molecular weight excluding hydrogens is 348 g/mol. The number of nitrogen functional groups attached to an aromatic ring is 1. The van der Waals surface area contributed by atoms with E-state index in [4.69, 9.17) is 16.2 Å². The van der Waals surface area contributed by atoms with Gasteiger partial charge in [-0.25, -0.2) is 4.98 Å². The van der Waals surface area contributed by atoms with Gasteiger partial charge in [-0.2, -0.15) is 0 Å². The number of nitrogens with zero attached hydrogens (tertiary/aromatic N) is 3. The van der Waals surface area contributed by atoms with Gasteiger partial charge >= 0.3 is 5.97 Å². The normalized spacial score (nSPS) is 13.5. The number of carbonyl (C=O) groups is 2. The number of pyridine rings is 1. The lowest BCUT2D eigenvalue weighted by molar-refractivity contribution is -0.135. The van der Waals surface area contributed by atoms with Gasteiger partial charge in [0.1, 0.15) is 17.2 Å². The number of carbonyl (C=O) groups excluding carboxylic acids is 2. The summed E-state index contributed by atoms with van der Waals surface area (Å²) >= 11 is 0. The van der Waals surface area contributed by atoms with Crippen molar-refractivity contribution in [1.29, 1.82) is 0 Å². The van der Waals surface area contributed by atoms with E-state index < -0.39 is 0 Å². The quantitative estimate of drug-likeness (QED) is 0.389. The van der Waals surface area contributed by atoms with Crippen molar-refractivity contribution in [3.05, 3.63) is 36.4 Å². The molecule has 0 unspecified atom stereocenters. The molecule has 0 spiro atoms. The van der Waals surface area contributed by atoms with Crippen LogP contribution in [0.15, 0.2) is 46.6 Å². The lowest BCUT2D eigenvalue weighted by Crippen LogP contribution is -2.17. The third-order valence-corrected chi connectivity index (χ3v) is 3.79. The molecule has 1 aliphatic carbocycles. The monoisotopic (exact) mass is 368 g/mol. The van der Waals surface area contributed by atoms with Crippen molar-refractivity contribution in [2.24, 2.45) is 21.9 Å². The summed E-state index contributed by atoms with van der Waals surface area (Å²) in [4.78, 5) is 27.5.